The summed E-state index contributed by atoms with van der Waals surface area (Å²) in [5, 5.41) is 10.1. The number of carbonyl (C=O) groups excluding carboxylic acids is 1. The first-order valence-corrected chi connectivity index (χ1v) is 7.68. The van der Waals surface area contributed by atoms with Gasteiger partial charge < -0.3 is 14.9 Å². The van der Waals surface area contributed by atoms with E-state index in [1.54, 1.807) is 24.3 Å². The molecular formula is C15H17N3O2S. The molecule has 2 heterocycles. The van der Waals surface area contributed by atoms with Crippen molar-refractivity contribution in [3.05, 3.63) is 34.7 Å². The van der Waals surface area contributed by atoms with Gasteiger partial charge in [-0.2, -0.15) is 4.99 Å². The van der Waals surface area contributed by atoms with E-state index in [2.05, 4.69) is 21.8 Å². The van der Waals surface area contributed by atoms with Gasteiger partial charge in [-0.25, -0.2) is 0 Å². The number of nitrogens with zero attached hydrogens (tertiary/aromatic N) is 3. The van der Waals surface area contributed by atoms with E-state index in [0.717, 1.165) is 36.9 Å². The number of benzene rings is 1. The van der Waals surface area contributed by atoms with Crippen molar-refractivity contribution in [2.45, 2.75) is 0 Å². The Labute approximate surface area is 128 Å². The molecule has 1 aromatic rings. The number of piperazine rings is 1. The van der Waals surface area contributed by atoms with Gasteiger partial charge in [0.15, 0.2) is 5.17 Å². The number of phenols is 1. The third kappa shape index (κ3) is 3.28. The minimum Gasteiger partial charge on any atom is -0.508 e. The van der Waals surface area contributed by atoms with Crippen molar-refractivity contribution in [3.63, 3.8) is 0 Å². The molecule has 2 aliphatic rings. The molecule has 5 nitrogen and oxygen atoms in total. The van der Waals surface area contributed by atoms with Crippen molar-refractivity contribution in [3.8, 4) is 5.75 Å². The Bertz CT molecular complexity index is 602. The standard InChI is InChI=1S/C15H17N3O2S/c1-17-6-8-18(9-7-17)15-16-14(20)13(21-15)10-11-2-4-12(19)5-3-11/h2-5,10,19H,6-9H2,1H3/b13-10+. The number of amides is 1. The van der Waals surface area contributed by atoms with E-state index in [0.29, 0.717) is 4.91 Å². The topological polar surface area (TPSA) is 56.1 Å². The zero-order valence-electron chi connectivity index (χ0n) is 11.8. The van der Waals surface area contributed by atoms with Crippen molar-refractivity contribution in [2.75, 3.05) is 33.2 Å². The molecule has 1 fully saturated rings. The summed E-state index contributed by atoms with van der Waals surface area (Å²) in [7, 11) is 2.10. The van der Waals surface area contributed by atoms with Crippen LogP contribution in [0.3, 0.4) is 0 Å². The van der Waals surface area contributed by atoms with Gasteiger partial charge >= 0.3 is 0 Å². The maximum atomic E-state index is 12.0. The monoisotopic (exact) mass is 303 g/mol. The lowest BCUT2D eigenvalue weighted by Gasteiger charge is -2.32. The number of hydrogen-bond acceptors (Lipinski definition) is 5. The first-order chi connectivity index (χ1) is 10.1. The minimum absolute atomic E-state index is 0.179. The number of amidine groups is 1. The number of aliphatic imine (C=N–C) groups is 1. The molecule has 0 unspecified atom stereocenters. The van der Waals surface area contributed by atoms with Gasteiger partial charge in [0.2, 0.25) is 0 Å². The van der Waals surface area contributed by atoms with Gasteiger partial charge in [0.1, 0.15) is 5.75 Å². The number of carbonyl (C=O) groups is 1. The third-order valence-electron chi connectivity index (χ3n) is 3.57. The van der Waals surface area contributed by atoms with Crippen molar-refractivity contribution >= 4 is 28.9 Å². The van der Waals surface area contributed by atoms with Gasteiger partial charge in [0, 0.05) is 26.2 Å². The van der Waals surface area contributed by atoms with Crippen LogP contribution < -0.4 is 0 Å². The van der Waals surface area contributed by atoms with E-state index in [-0.39, 0.29) is 11.7 Å². The molecule has 1 aromatic carbocycles. The van der Waals surface area contributed by atoms with Crippen LogP contribution in [0, 0.1) is 0 Å². The molecular weight excluding hydrogens is 286 g/mol. The highest BCUT2D eigenvalue weighted by atomic mass is 32.2. The summed E-state index contributed by atoms with van der Waals surface area (Å²) in [5.74, 6) is 0.0407. The Morgan fingerprint density at radius 2 is 1.86 bits per heavy atom. The highest BCUT2D eigenvalue weighted by Crippen LogP contribution is 2.30. The fourth-order valence-electron chi connectivity index (χ4n) is 2.25. The summed E-state index contributed by atoms with van der Waals surface area (Å²) in [5.41, 5.74) is 0.887. The molecule has 0 radical (unpaired) electrons. The average Bonchev–Trinajstić information content (AvgIpc) is 2.83. The maximum Gasteiger partial charge on any atom is 0.286 e. The highest BCUT2D eigenvalue weighted by Gasteiger charge is 2.27. The van der Waals surface area contributed by atoms with E-state index in [9.17, 15) is 9.90 Å². The number of rotatable bonds is 1. The Hall–Kier alpha value is -1.79. The van der Waals surface area contributed by atoms with Crippen LogP contribution >= 0.6 is 11.8 Å². The van der Waals surface area contributed by atoms with Crippen LogP contribution in [0.2, 0.25) is 0 Å². The van der Waals surface area contributed by atoms with Crippen molar-refractivity contribution in [2.24, 2.45) is 4.99 Å². The molecule has 3 rings (SSSR count). The lowest BCUT2D eigenvalue weighted by Crippen LogP contribution is -2.46. The molecule has 1 amide bonds. The van der Waals surface area contributed by atoms with E-state index >= 15 is 0 Å². The number of thioether (sulfide) groups is 1. The zero-order chi connectivity index (χ0) is 14.8. The molecule has 0 saturated carbocycles. The summed E-state index contributed by atoms with van der Waals surface area (Å²) in [6.07, 6.45) is 1.82. The van der Waals surface area contributed by atoms with E-state index in [4.69, 9.17) is 0 Å². The quantitative estimate of drug-likeness (QED) is 0.799. The Kier molecular flexibility index (Phi) is 3.98. The SMILES string of the molecule is CN1CCN(C2=NC(=O)/C(=C\c3ccc(O)cc3)S2)CC1. The van der Waals surface area contributed by atoms with Crippen LogP contribution in [-0.2, 0) is 4.79 Å². The van der Waals surface area contributed by atoms with Crippen LogP contribution in [0.4, 0.5) is 0 Å². The highest BCUT2D eigenvalue weighted by molar-refractivity contribution is 8.18. The second-order valence-electron chi connectivity index (χ2n) is 5.19. The van der Waals surface area contributed by atoms with Gasteiger partial charge in [-0.05, 0) is 42.6 Å². The fraction of sp³-hybridized carbons (Fsp3) is 0.333. The molecule has 0 aliphatic carbocycles. The molecule has 1 N–H and O–H groups in total. The van der Waals surface area contributed by atoms with Crippen molar-refractivity contribution < 1.29 is 9.90 Å². The first kappa shape index (κ1) is 14.2. The normalized spacial score (nSPS) is 22.0. The Balaban J connectivity index is 1.71. The van der Waals surface area contributed by atoms with E-state index in [1.807, 2.05) is 6.08 Å². The second kappa shape index (κ2) is 5.91. The average molecular weight is 303 g/mol. The predicted molar refractivity (Wildman–Crippen MR) is 85.2 cm³/mol. The van der Waals surface area contributed by atoms with Crippen LogP contribution in [0.5, 0.6) is 5.75 Å². The summed E-state index contributed by atoms with van der Waals surface area (Å²) >= 11 is 1.43. The Morgan fingerprint density at radius 3 is 2.52 bits per heavy atom. The Morgan fingerprint density at radius 1 is 1.19 bits per heavy atom. The second-order valence-corrected chi connectivity index (χ2v) is 6.20. The lowest BCUT2D eigenvalue weighted by molar-refractivity contribution is -0.113. The molecule has 0 spiro atoms. The molecule has 21 heavy (non-hydrogen) atoms. The molecule has 110 valence electrons. The number of aromatic hydroxyl groups is 1. The van der Waals surface area contributed by atoms with Gasteiger partial charge in [0.25, 0.3) is 5.91 Å². The van der Waals surface area contributed by atoms with Gasteiger partial charge in [-0.3, -0.25) is 4.79 Å². The summed E-state index contributed by atoms with van der Waals surface area (Å²) in [4.78, 5) is 21.2. The summed E-state index contributed by atoms with van der Waals surface area (Å²) in [6, 6.07) is 6.78. The van der Waals surface area contributed by atoms with E-state index in [1.165, 1.54) is 11.8 Å². The van der Waals surface area contributed by atoms with Crippen LogP contribution in [0.25, 0.3) is 6.08 Å². The third-order valence-corrected chi connectivity index (χ3v) is 4.62. The smallest absolute Gasteiger partial charge is 0.286 e. The summed E-state index contributed by atoms with van der Waals surface area (Å²) < 4.78 is 0. The number of hydrogen-bond donors (Lipinski definition) is 1. The minimum atomic E-state index is -0.179. The lowest BCUT2D eigenvalue weighted by atomic mass is 10.2. The van der Waals surface area contributed by atoms with Crippen molar-refractivity contribution in [1.29, 1.82) is 0 Å². The first-order valence-electron chi connectivity index (χ1n) is 6.87. The number of likely N-dealkylation sites (N-methyl/N-ethyl adjacent to an activating group) is 1. The van der Waals surface area contributed by atoms with Crippen LogP contribution in [0.1, 0.15) is 5.56 Å². The van der Waals surface area contributed by atoms with Crippen molar-refractivity contribution in [1.82, 2.24) is 9.80 Å². The van der Waals surface area contributed by atoms with Crippen LogP contribution in [0.15, 0.2) is 34.2 Å². The van der Waals surface area contributed by atoms with Gasteiger partial charge in [-0.1, -0.05) is 12.1 Å². The molecule has 0 bridgehead atoms. The van der Waals surface area contributed by atoms with Gasteiger partial charge in [-0.15, -0.1) is 0 Å². The molecule has 0 aromatic heterocycles. The van der Waals surface area contributed by atoms with Crippen LogP contribution in [-0.4, -0.2) is 59.2 Å². The summed E-state index contributed by atoms with van der Waals surface area (Å²) in [6.45, 7) is 3.79. The number of phenolic OH excluding ortho intramolecular Hbond substituents is 1. The fourth-order valence-corrected chi connectivity index (χ4v) is 3.22. The predicted octanol–water partition coefficient (Wildman–Crippen LogP) is 1.61. The van der Waals surface area contributed by atoms with Gasteiger partial charge in [0.05, 0.1) is 4.91 Å². The molecule has 1 saturated heterocycles. The largest absolute Gasteiger partial charge is 0.508 e. The maximum absolute atomic E-state index is 12.0. The zero-order valence-corrected chi connectivity index (χ0v) is 12.6. The van der Waals surface area contributed by atoms with E-state index < -0.39 is 0 Å². The molecule has 2 aliphatic heterocycles. The molecule has 6 heteroatoms. The molecule has 0 atom stereocenters.